The molecule has 0 aromatic heterocycles. The molecule has 0 aliphatic heterocycles. The molecule has 0 saturated carbocycles. The van der Waals surface area contributed by atoms with Crippen molar-refractivity contribution in [3.63, 3.8) is 0 Å². The molecule has 2 heteroatoms. The zero-order valence-electron chi connectivity index (χ0n) is 7.68. The van der Waals surface area contributed by atoms with Gasteiger partial charge in [-0.1, -0.05) is 24.6 Å². The number of aliphatic hydroxyl groups is 1. The van der Waals surface area contributed by atoms with E-state index in [2.05, 4.69) is 0 Å². The Morgan fingerprint density at radius 2 is 2.31 bits per heavy atom. The molecule has 0 spiro atoms. The van der Waals surface area contributed by atoms with Gasteiger partial charge >= 0.3 is 0 Å². The van der Waals surface area contributed by atoms with Crippen LogP contribution in [0.2, 0.25) is 5.02 Å². The molecule has 1 atom stereocenters. The van der Waals surface area contributed by atoms with Crippen LogP contribution in [0.15, 0.2) is 18.2 Å². The van der Waals surface area contributed by atoms with E-state index in [0.717, 1.165) is 24.8 Å². The van der Waals surface area contributed by atoms with Crippen LogP contribution in [0.25, 0.3) is 0 Å². The summed E-state index contributed by atoms with van der Waals surface area (Å²) in [6.07, 6.45) is 2.57. The number of rotatable bonds is 1. The van der Waals surface area contributed by atoms with Gasteiger partial charge in [0.2, 0.25) is 0 Å². The highest BCUT2D eigenvalue weighted by Crippen LogP contribution is 2.40. The van der Waals surface area contributed by atoms with Gasteiger partial charge in [0.15, 0.2) is 0 Å². The smallest absolute Gasteiger partial charge is 0.0900 e. The molecule has 1 aromatic carbocycles. The molecule has 0 fully saturated rings. The van der Waals surface area contributed by atoms with E-state index in [4.69, 9.17) is 11.6 Å². The van der Waals surface area contributed by atoms with Gasteiger partial charge in [0.1, 0.15) is 0 Å². The predicted octanol–water partition coefficient (Wildman–Crippen LogP) is 2.88. The van der Waals surface area contributed by atoms with Crippen molar-refractivity contribution in [1.82, 2.24) is 0 Å². The van der Waals surface area contributed by atoms with Crippen molar-refractivity contribution in [2.24, 2.45) is 0 Å². The summed E-state index contributed by atoms with van der Waals surface area (Å²) < 4.78 is 0. The predicted molar refractivity (Wildman–Crippen MR) is 54.0 cm³/mol. The number of halogens is 1. The Bertz CT molecular complexity index is 335. The zero-order chi connectivity index (χ0) is 9.47. The summed E-state index contributed by atoms with van der Waals surface area (Å²) in [5.41, 5.74) is 1.65. The van der Waals surface area contributed by atoms with E-state index in [1.54, 1.807) is 0 Å². The first-order chi connectivity index (χ1) is 6.15. The maximum absolute atomic E-state index is 10.2. The second-order valence-corrected chi connectivity index (χ2v) is 4.12. The summed E-state index contributed by atoms with van der Waals surface area (Å²) in [5.74, 6) is 0. The highest BCUT2D eigenvalue weighted by molar-refractivity contribution is 6.30. The minimum Gasteiger partial charge on any atom is -0.385 e. The summed E-state index contributed by atoms with van der Waals surface area (Å²) in [4.78, 5) is 0. The molecular formula is C11H13ClO. The van der Waals surface area contributed by atoms with Crippen LogP contribution < -0.4 is 0 Å². The quantitative estimate of drug-likeness (QED) is 0.733. The Hall–Kier alpha value is -0.530. The summed E-state index contributed by atoms with van der Waals surface area (Å²) >= 11 is 5.90. The van der Waals surface area contributed by atoms with E-state index >= 15 is 0 Å². The second-order valence-electron chi connectivity index (χ2n) is 3.69. The molecule has 0 amide bonds. The van der Waals surface area contributed by atoms with Crippen LogP contribution in [0, 0.1) is 0 Å². The molecule has 0 saturated heterocycles. The van der Waals surface area contributed by atoms with Crippen molar-refractivity contribution in [1.29, 1.82) is 0 Å². The van der Waals surface area contributed by atoms with Gasteiger partial charge < -0.3 is 5.11 Å². The Balaban J connectivity index is 2.52. The lowest BCUT2D eigenvalue weighted by Gasteiger charge is -2.21. The van der Waals surface area contributed by atoms with E-state index < -0.39 is 5.60 Å². The molecule has 1 aliphatic carbocycles. The molecule has 0 radical (unpaired) electrons. The fraction of sp³-hybridized carbons (Fsp3) is 0.455. The number of benzene rings is 1. The molecule has 1 aromatic rings. The van der Waals surface area contributed by atoms with Crippen molar-refractivity contribution >= 4 is 11.6 Å². The molecule has 1 aliphatic rings. The maximum Gasteiger partial charge on any atom is 0.0900 e. The fourth-order valence-electron chi connectivity index (χ4n) is 2.04. The third-order valence-electron chi connectivity index (χ3n) is 2.97. The minimum absolute atomic E-state index is 0.625. The molecule has 0 unspecified atom stereocenters. The standard InChI is InChI=1S/C11H13ClO/c1-2-11(13)6-5-8-3-4-9(12)7-10(8)11/h3-4,7,13H,2,5-6H2,1H3/t11-/m1/s1. The Morgan fingerprint density at radius 3 is 3.00 bits per heavy atom. The molecular weight excluding hydrogens is 184 g/mol. The third-order valence-corrected chi connectivity index (χ3v) is 3.20. The lowest BCUT2D eigenvalue weighted by atomic mass is 9.93. The first-order valence-electron chi connectivity index (χ1n) is 4.67. The Labute approximate surface area is 83.3 Å². The van der Waals surface area contributed by atoms with Crippen molar-refractivity contribution in [3.05, 3.63) is 34.3 Å². The number of hydrogen-bond donors (Lipinski definition) is 1. The highest BCUT2D eigenvalue weighted by Gasteiger charge is 2.34. The zero-order valence-corrected chi connectivity index (χ0v) is 8.43. The number of hydrogen-bond acceptors (Lipinski definition) is 1. The molecule has 13 heavy (non-hydrogen) atoms. The van der Waals surface area contributed by atoms with Gasteiger partial charge in [-0.05, 0) is 42.5 Å². The van der Waals surface area contributed by atoms with Gasteiger partial charge in [-0.15, -0.1) is 0 Å². The van der Waals surface area contributed by atoms with Gasteiger partial charge in [0.25, 0.3) is 0 Å². The van der Waals surface area contributed by atoms with Gasteiger partial charge in [0, 0.05) is 5.02 Å². The molecule has 70 valence electrons. The average molecular weight is 197 g/mol. The highest BCUT2D eigenvalue weighted by atomic mass is 35.5. The van der Waals surface area contributed by atoms with Gasteiger partial charge in [-0.2, -0.15) is 0 Å². The summed E-state index contributed by atoms with van der Waals surface area (Å²) in [5, 5.41) is 10.9. The lowest BCUT2D eigenvalue weighted by Crippen LogP contribution is -2.20. The number of fused-ring (bicyclic) bond motifs is 1. The third kappa shape index (κ3) is 1.36. The van der Waals surface area contributed by atoms with Crippen LogP contribution in [0.5, 0.6) is 0 Å². The summed E-state index contributed by atoms with van der Waals surface area (Å²) in [6, 6.07) is 5.81. The largest absolute Gasteiger partial charge is 0.385 e. The van der Waals surface area contributed by atoms with E-state index in [0.29, 0.717) is 5.02 Å². The molecule has 1 nitrogen and oxygen atoms in total. The normalized spacial score (nSPS) is 26.1. The minimum atomic E-state index is -0.625. The molecule has 0 heterocycles. The second kappa shape index (κ2) is 3.00. The van der Waals surface area contributed by atoms with Gasteiger partial charge in [-0.25, -0.2) is 0 Å². The average Bonchev–Trinajstić information content (AvgIpc) is 2.45. The fourth-order valence-corrected chi connectivity index (χ4v) is 2.22. The van der Waals surface area contributed by atoms with Crippen molar-refractivity contribution in [3.8, 4) is 0 Å². The summed E-state index contributed by atoms with van der Waals surface area (Å²) in [7, 11) is 0. The van der Waals surface area contributed by atoms with E-state index in [1.165, 1.54) is 5.56 Å². The maximum atomic E-state index is 10.2. The SMILES string of the molecule is CC[C@@]1(O)CCc2ccc(Cl)cc21. The summed E-state index contributed by atoms with van der Waals surface area (Å²) in [6.45, 7) is 2.01. The number of aryl methyl sites for hydroxylation is 1. The van der Waals surface area contributed by atoms with Gasteiger partial charge in [0.05, 0.1) is 5.60 Å². The lowest BCUT2D eigenvalue weighted by molar-refractivity contribution is 0.0346. The van der Waals surface area contributed by atoms with Crippen molar-refractivity contribution in [2.45, 2.75) is 31.8 Å². The topological polar surface area (TPSA) is 20.2 Å². The molecule has 2 rings (SSSR count). The Morgan fingerprint density at radius 1 is 1.54 bits per heavy atom. The van der Waals surface area contributed by atoms with Crippen LogP contribution in [-0.2, 0) is 12.0 Å². The van der Waals surface area contributed by atoms with Gasteiger partial charge in [-0.3, -0.25) is 0 Å². The monoisotopic (exact) mass is 196 g/mol. The van der Waals surface area contributed by atoms with Crippen LogP contribution in [0.1, 0.15) is 30.9 Å². The van der Waals surface area contributed by atoms with E-state index in [-0.39, 0.29) is 0 Å². The van der Waals surface area contributed by atoms with E-state index in [9.17, 15) is 5.11 Å². The van der Waals surface area contributed by atoms with Crippen molar-refractivity contribution < 1.29 is 5.11 Å². The van der Waals surface area contributed by atoms with Crippen molar-refractivity contribution in [2.75, 3.05) is 0 Å². The van der Waals surface area contributed by atoms with Crippen LogP contribution in [-0.4, -0.2) is 5.11 Å². The van der Waals surface area contributed by atoms with Crippen LogP contribution in [0.4, 0.5) is 0 Å². The molecule has 1 N–H and O–H groups in total. The molecule has 0 bridgehead atoms. The van der Waals surface area contributed by atoms with E-state index in [1.807, 2.05) is 25.1 Å². The first-order valence-corrected chi connectivity index (χ1v) is 5.05. The van der Waals surface area contributed by atoms with Crippen LogP contribution in [0.3, 0.4) is 0 Å². The van der Waals surface area contributed by atoms with Crippen LogP contribution >= 0.6 is 11.6 Å². The first kappa shape index (κ1) is 9.04. The Kier molecular flexibility index (Phi) is 2.09.